The van der Waals surface area contributed by atoms with Crippen LogP contribution in [-0.4, -0.2) is 35.1 Å². The van der Waals surface area contributed by atoms with E-state index < -0.39 is 17.1 Å². The summed E-state index contributed by atoms with van der Waals surface area (Å²) in [7, 11) is 0. The Balaban J connectivity index is 1.74. The molecule has 1 saturated heterocycles. The molecule has 0 spiro atoms. The summed E-state index contributed by atoms with van der Waals surface area (Å²) >= 11 is 6.35. The van der Waals surface area contributed by atoms with Gasteiger partial charge < -0.3 is 10.1 Å². The molecule has 2 aromatic rings. The lowest BCUT2D eigenvalue weighted by atomic mass is 10.2. The van der Waals surface area contributed by atoms with Crippen LogP contribution in [0, 0.1) is 3.57 Å². The van der Waals surface area contributed by atoms with Gasteiger partial charge in [0.05, 0.1) is 4.91 Å². The number of nitrogens with zero attached hydrogens (tertiary/aromatic N) is 1. The lowest BCUT2D eigenvalue weighted by Crippen LogP contribution is -2.36. The zero-order valence-electron chi connectivity index (χ0n) is 15.6. The number of nitrogens with one attached hydrogen (secondary N) is 1. The number of ether oxygens (including phenoxy) is 1. The quantitative estimate of drug-likeness (QED) is 0.266. The van der Waals surface area contributed by atoms with Crippen LogP contribution in [0.4, 0.5) is 10.5 Å². The van der Waals surface area contributed by atoms with Gasteiger partial charge in [-0.2, -0.15) is 0 Å². The molecule has 154 valence electrons. The average Bonchev–Trinajstić information content (AvgIpc) is 2.96. The van der Waals surface area contributed by atoms with E-state index in [4.69, 9.17) is 4.74 Å². The third-order valence-corrected chi connectivity index (χ3v) is 6.04. The van der Waals surface area contributed by atoms with Crippen LogP contribution in [-0.2, 0) is 9.59 Å². The first-order chi connectivity index (χ1) is 14.4. The van der Waals surface area contributed by atoms with Crippen molar-refractivity contribution in [3.05, 3.63) is 73.6 Å². The van der Waals surface area contributed by atoms with Crippen molar-refractivity contribution < 1.29 is 19.1 Å². The number of hydrogen-bond donors (Lipinski definition) is 1. The Morgan fingerprint density at radius 2 is 1.97 bits per heavy atom. The first-order valence-corrected chi connectivity index (χ1v) is 11.4. The van der Waals surface area contributed by atoms with E-state index in [0.29, 0.717) is 23.6 Å². The molecule has 0 radical (unpaired) electrons. The topological polar surface area (TPSA) is 75.7 Å². The second kappa shape index (κ2) is 10.3. The number of amides is 3. The SMILES string of the molecule is C=CCOc1ccc(Br)cc1/C=C1/SC(=O)N(CC(=O)Nc2ccc(I)cc2)C1=O. The molecule has 2 aromatic carbocycles. The Bertz CT molecular complexity index is 1040. The van der Waals surface area contributed by atoms with Gasteiger partial charge in [0, 0.05) is 19.3 Å². The van der Waals surface area contributed by atoms with Gasteiger partial charge in [-0.1, -0.05) is 28.6 Å². The molecule has 9 heteroatoms. The summed E-state index contributed by atoms with van der Waals surface area (Å²) in [6.07, 6.45) is 3.21. The van der Waals surface area contributed by atoms with Gasteiger partial charge in [-0.3, -0.25) is 19.3 Å². The molecule has 1 fully saturated rings. The van der Waals surface area contributed by atoms with Crippen molar-refractivity contribution in [3.63, 3.8) is 0 Å². The smallest absolute Gasteiger partial charge is 0.294 e. The van der Waals surface area contributed by atoms with E-state index in [-0.39, 0.29) is 11.4 Å². The van der Waals surface area contributed by atoms with Crippen LogP contribution in [0.3, 0.4) is 0 Å². The molecule has 0 bridgehead atoms. The van der Waals surface area contributed by atoms with E-state index >= 15 is 0 Å². The highest BCUT2D eigenvalue weighted by molar-refractivity contribution is 14.1. The summed E-state index contributed by atoms with van der Waals surface area (Å²) in [5.41, 5.74) is 1.24. The number of carbonyl (C=O) groups is 3. The predicted octanol–water partition coefficient (Wildman–Crippen LogP) is 5.29. The zero-order chi connectivity index (χ0) is 21.7. The maximum Gasteiger partial charge on any atom is 0.294 e. The Hall–Kier alpha value is -2.11. The minimum Gasteiger partial charge on any atom is -0.489 e. The molecule has 0 aromatic heterocycles. The zero-order valence-corrected chi connectivity index (χ0v) is 20.1. The molecular formula is C21H16BrIN2O4S. The van der Waals surface area contributed by atoms with Crippen molar-refractivity contribution in [2.24, 2.45) is 0 Å². The molecule has 1 aliphatic heterocycles. The van der Waals surface area contributed by atoms with Crippen LogP contribution in [0.15, 0.2) is 64.5 Å². The number of hydrogen-bond acceptors (Lipinski definition) is 5. The summed E-state index contributed by atoms with van der Waals surface area (Å²) in [6.45, 7) is 3.58. The Morgan fingerprint density at radius 3 is 2.67 bits per heavy atom. The molecule has 6 nitrogen and oxygen atoms in total. The highest BCUT2D eigenvalue weighted by Gasteiger charge is 2.36. The second-order valence-corrected chi connectivity index (χ2v) is 9.26. The summed E-state index contributed by atoms with van der Waals surface area (Å²) in [5, 5.41) is 2.20. The molecule has 0 aliphatic carbocycles. The van der Waals surface area contributed by atoms with E-state index in [1.54, 1.807) is 36.4 Å². The van der Waals surface area contributed by atoms with Crippen molar-refractivity contribution >= 4 is 79.1 Å². The van der Waals surface area contributed by atoms with Crippen LogP contribution in [0.2, 0.25) is 0 Å². The van der Waals surface area contributed by atoms with E-state index in [1.165, 1.54) is 0 Å². The van der Waals surface area contributed by atoms with E-state index in [0.717, 1.165) is 24.7 Å². The molecule has 3 rings (SSSR count). The van der Waals surface area contributed by atoms with Gasteiger partial charge >= 0.3 is 0 Å². The highest BCUT2D eigenvalue weighted by atomic mass is 127. The number of anilines is 1. The molecule has 0 unspecified atom stereocenters. The summed E-state index contributed by atoms with van der Waals surface area (Å²) in [6, 6.07) is 12.6. The minimum atomic E-state index is -0.516. The van der Waals surface area contributed by atoms with Crippen molar-refractivity contribution in [3.8, 4) is 5.75 Å². The summed E-state index contributed by atoms with van der Waals surface area (Å²) in [5.74, 6) is -0.407. The molecule has 1 aliphatic rings. The predicted molar refractivity (Wildman–Crippen MR) is 130 cm³/mol. The van der Waals surface area contributed by atoms with Crippen LogP contribution in [0.25, 0.3) is 6.08 Å². The van der Waals surface area contributed by atoms with E-state index in [9.17, 15) is 14.4 Å². The van der Waals surface area contributed by atoms with Crippen LogP contribution >= 0.6 is 50.3 Å². The van der Waals surface area contributed by atoms with Gasteiger partial charge in [-0.15, -0.1) is 0 Å². The maximum atomic E-state index is 12.7. The first kappa shape index (κ1) is 22.6. The normalized spacial score (nSPS) is 14.9. The second-order valence-electron chi connectivity index (χ2n) is 6.10. The Labute approximate surface area is 200 Å². The number of benzene rings is 2. The van der Waals surface area contributed by atoms with Crippen molar-refractivity contribution in [2.75, 3.05) is 18.5 Å². The van der Waals surface area contributed by atoms with E-state index in [1.807, 2.05) is 18.2 Å². The monoisotopic (exact) mass is 598 g/mol. The van der Waals surface area contributed by atoms with Crippen LogP contribution in [0.5, 0.6) is 5.75 Å². The lowest BCUT2D eigenvalue weighted by Gasteiger charge is -2.12. The van der Waals surface area contributed by atoms with Gasteiger partial charge in [-0.25, -0.2) is 0 Å². The Morgan fingerprint density at radius 1 is 1.23 bits per heavy atom. The maximum absolute atomic E-state index is 12.7. The van der Waals surface area contributed by atoms with Crippen molar-refractivity contribution in [1.82, 2.24) is 4.90 Å². The molecule has 1 N–H and O–H groups in total. The highest BCUT2D eigenvalue weighted by Crippen LogP contribution is 2.34. The van der Waals surface area contributed by atoms with Gasteiger partial charge in [0.15, 0.2) is 0 Å². The molecule has 0 saturated carbocycles. The van der Waals surface area contributed by atoms with Crippen molar-refractivity contribution in [2.45, 2.75) is 0 Å². The van der Waals surface area contributed by atoms with Gasteiger partial charge in [0.1, 0.15) is 18.9 Å². The van der Waals surface area contributed by atoms with Gasteiger partial charge in [0.2, 0.25) is 5.91 Å². The number of carbonyl (C=O) groups excluding carboxylic acids is 3. The molecule has 1 heterocycles. The number of thioether (sulfide) groups is 1. The fourth-order valence-electron chi connectivity index (χ4n) is 2.57. The number of rotatable bonds is 7. The molecule has 0 atom stereocenters. The number of imide groups is 1. The standard InChI is InChI=1S/C21H16BrIN2O4S/c1-2-9-29-17-8-3-14(22)10-13(17)11-18-20(27)25(21(28)30-18)12-19(26)24-16-6-4-15(23)5-7-16/h2-8,10-11H,1,9,12H2,(H,24,26)/b18-11+. The first-order valence-electron chi connectivity index (χ1n) is 8.71. The summed E-state index contributed by atoms with van der Waals surface area (Å²) < 4.78 is 7.45. The minimum absolute atomic E-state index is 0.226. The van der Waals surface area contributed by atoms with Gasteiger partial charge in [0.25, 0.3) is 11.1 Å². The van der Waals surface area contributed by atoms with Crippen LogP contribution < -0.4 is 10.1 Å². The fraction of sp³-hybridized carbons (Fsp3) is 0.0952. The Kier molecular flexibility index (Phi) is 7.73. The fourth-order valence-corrected chi connectivity index (χ4v) is 4.13. The lowest BCUT2D eigenvalue weighted by molar-refractivity contribution is -0.127. The summed E-state index contributed by atoms with van der Waals surface area (Å²) in [4.78, 5) is 38.5. The third-order valence-electron chi connectivity index (χ3n) is 3.92. The molecular weight excluding hydrogens is 583 g/mol. The molecule has 3 amide bonds. The average molecular weight is 599 g/mol. The van der Waals surface area contributed by atoms with Crippen molar-refractivity contribution in [1.29, 1.82) is 0 Å². The largest absolute Gasteiger partial charge is 0.489 e. The van der Waals surface area contributed by atoms with E-state index in [2.05, 4.69) is 50.4 Å². The van der Waals surface area contributed by atoms with Crippen LogP contribution in [0.1, 0.15) is 5.56 Å². The third kappa shape index (κ3) is 5.73. The van der Waals surface area contributed by atoms with Gasteiger partial charge in [-0.05, 0) is 82.9 Å². The molecule has 30 heavy (non-hydrogen) atoms. The number of halogens is 2.